The lowest BCUT2D eigenvalue weighted by molar-refractivity contribution is 0.104. The van der Waals surface area contributed by atoms with E-state index in [0.717, 1.165) is 51.8 Å². The molecule has 0 radical (unpaired) electrons. The van der Waals surface area contributed by atoms with Crippen molar-refractivity contribution in [3.05, 3.63) is 107 Å². The molecule has 34 heavy (non-hydrogen) atoms. The lowest BCUT2D eigenvalue weighted by Gasteiger charge is -2.12. The highest BCUT2D eigenvalue weighted by Gasteiger charge is 2.20. The SMILES string of the molecule is COc1ccc(C(=O)c2ccc(/C=N/N3CCc4ccccc43)c3c2[nH]c2ccccc23)cc1. The smallest absolute Gasteiger partial charge is 0.195 e. The zero-order valence-electron chi connectivity index (χ0n) is 18.8. The van der Waals surface area contributed by atoms with Gasteiger partial charge in [-0.05, 0) is 54.4 Å². The molecule has 0 spiro atoms. The van der Waals surface area contributed by atoms with Gasteiger partial charge in [-0.15, -0.1) is 0 Å². The number of para-hydroxylation sites is 2. The molecule has 0 saturated heterocycles. The molecular weight excluding hydrogens is 422 g/mol. The number of rotatable bonds is 5. The summed E-state index contributed by atoms with van der Waals surface area (Å²) in [6, 6.07) is 27.6. The van der Waals surface area contributed by atoms with Crippen LogP contribution in [0.2, 0.25) is 0 Å². The summed E-state index contributed by atoms with van der Waals surface area (Å²) in [7, 11) is 1.62. The largest absolute Gasteiger partial charge is 0.497 e. The Kier molecular flexibility index (Phi) is 4.88. The van der Waals surface area contributed by atoms with Crippen LogP contribution in [0, 0.1) is 0 Å². The molecule has 6 rings (SSSR count). The predicted molar refractivity (Wildman–Crippen MR) is 137 cm³/mol. The number of hydrazone groups is 1. The van der Waals surface area contributed by atoms with Gasteiger partial charge in [-0.25, -0.2) is 0 Å². The van der Waals surface area contributed by atoms with Crippen molar-refractivity contribution in [1.29, 1.82) is 0 Å². The van der Waals surface area contributed by atoms with Crippen LogP contribution in [0.1, 0.15) is 27.0 Å². The number of nitrogens with one attached hydrogen (secondary N) is 1. The minimum absolute atomic E-state index is 0.0313. The van der Waals surface area contributed by atoms with Crippen LogP contribution in [-0.2, 0) is 6.42 Å². The number of hydrogen-bond acceptors (Lipinski definition) is 4. The highest BCUT2D eigenvalue weighted by Crippen LogP contribution is 2.32. The Morgan fingerprint density at radius 1 is 0.971 bits per heavy atom. The summed E-state index contributed by atoms with van der Waals surface area (Å²) < 4.78 is 5.24. The average molecular weight is 446 g/mol. The molecule has 5 nitrogen and oxygen atoms in total. The zero-order valence-corrected chi connectivity index (χ0v) is 18.8. The van der Waals surface area contributed by atoms with Crippen molar-refractivity contribution in [3.8, 4) is 5.75 Å². The number of methoxy groups -OCH3 is 1. The molecule has 4 aromatic carbocycles. The first kappa shape index (κ1) is 20.2. The van der Waals surface area contributed by atoms with Crippen molar-refractivity contribution in [2.75, 3.05) is 18.7 Å². The maximum atomic E-state index is 13.4. The Labute approximate surface area is 197 Å². The maximum Gasteiger partial charge on any atom is 0.195 e. The fourth-order valence-corrected chi connectivity index (χ4v) is 4.75. The molecule has 5 heteroatoms. The van der Waals surface area contributed by atoms with Crippen molar-refractivity contribution in [2.45, 2.75) is 6.42 Å². The Hall–Kier alpha value is -4.38. The summed E-state index contributed by atoms with van der Waals surface area (Å²) >= 11 is 0. The molecule has 0 saturated carbocycles. The van der Waals surface area contributed by atoms with Crippen molar-refractivity contribution < 1.29 is 9.53 Å². The third-order valence-electron chi connectivity index (χ3n) is 6.49. The Morgan fingerprint density at radius 3 is 2.62 bits per heavy atom. The van der Waals surface area contributed by atoms with E-state index in [2.05, 4.69) is 29.2 Å². The molecule has 0 aliphatic carbocycles. The lowest BCUT2D eigenvalue weighted by Crippen LogP contribution is -2.12. The van der Waals surface area contributed by atoms with Crippen molar-refractivity contribution >= 4 is 39.5 Å². The summed E-state index contributed by atoms with van der Waals surface area (Å²) in [5, 5.41) is 8.95. The number of H-pyrrole nitrogens is 1. The van der Waals surface area contributed by atoms with Crippen molar-refractivity contribution in [3.63, 3.8) is 0 Å². The molecule has 0 fully saturated rings. The quantitative estimate of drug-likeness (QED) is 0.268. The van der Waals surface area contributed by atoms with E-state index in [1.165, 1.54) is 5.56 Å². The van der Waals surface area contributed by atoms with E-state index in [1.54, 1.807) is 19.2 Å². The molecule has 0 bridgehead atoms. The standard InChI is InChI=1S/C29H23N3O2/c1-34-22-13-10-20(11-14-22)29(33)24-15-12-21(27-23-7-3-4-8-25(23)31-28(24)27)18-30-32-17-16-19-6-2-5-9-26(19)32/h2-15,18,31H,16-17H2,1H3/b30-18+. The van der Waals surface area contributed by atoms with E-state index in [4.69, 9.17) is 9.84 Å². The molecule has 1 aliphatic rings. The molecule has 0 amide bonds. The summed E-state index contributed by atoms with van der Waals surface area (Å²) in [5.74, 6) is 0.693. The summed E-state index contributed by atoms with van der Waals surface area (Å²) in [5.41, 5.74) is 6.53. The predicted octanol–water partition coefficient (Wildman–Crippen LogP) is 5.96. The monoisotopic (exact) mass is 445 g/mol. The number of nitrogens with zero attached hydrogens (tertiary/aromatic N) is 2. The number of fused-ring (bicyclic) bond motifs is 4. The molecule has 1 N–H and O–H groups in total. The van der Waals surface area contributed by atoms with Crippen LogP contribution in [-0.4, -0.2) is 30.6 Å². The van der Waals surface area contributed by atoms with Crippen LogP contribution >= 0.6 is 0 Å². The van der Waals surface area contributed by atoms with Crippen LogP contribution in [0.4, 0.5) is 5.69 Å². The van der Waals surface area contributed by atoms with Crippen molar-refractivity contribution in [2.24, 2.45) is 5.10 Å². The first-order chi connectivity index (χ1) is 16.7. The number of aromatic amines is 1. The first-order valence-electron chi connectivity index (χ1n) is 11.3. The van der Waals surface area contributed by atoms with Crippen LogP contribution in [0.15, 0.2) is 90.0 Å². The Morgan fingerprint density at radius 2 is 1.76 bits per heavy atom. The Balaban J connectivity index is 1.46. The summed E-state index contributed by atoms with van der Waals surface area (Å²) in [6.45, 7) is 0.862. The van der Waals surface area contributed by atoms with Gasteiger partial charge in [0.05, 0.1) is 24.5 Å². The fourth-order valence-electron chi connectivity index (χ4n) is 4.75. The van der Waals surface area contributed by atoms with E-state index in [1.807, 2.05) is 59.8 Å². The van der Waals surface area contributed by atoms with Gasteiger partial charge >= 0.3 is 0 Å². The molecule has 166 valence electrons. The maximum absolute atomic E-state index is 13.4. The summed E-state index contributed by atoms with van der Waals surface area (Å²) in [4.78, 5) is 16.9. The number of benzene rings is 4. The molecule has 2 heterocycles. The number of anilines is 1. The zero-order chi connectivity index (χ0) is 23.1. The van der Waals surface area contributed by atoms with Gasteiger partial charge in [-0.3, -0.25) is 9.80 Å². The molecule has 0 atom stereocenters. The third kappa shape index (κ3) is 3.33. The van der Waals surface area contributed by atoms with Gasteiger partial charge in [0, 0.05) is 39.5 Å². The van der Waals surface area contributed by atoms with E-state index in [9.17, 15) is 4.79 Å². The van der Waals surface area contributed by atoms with Gasteiger partial charge in [0.25, 0.3) is 0 Å². The van der Waals surface area contributed by atoms with Gasteiger partial charge < -0.3 is 9.72 Å². The van der Waals surface area contributed by atoms with Gasteiger partial charge in [-0.2, -0.15) is 5.10 Å². The second-order valence-electron chi connectivity index (χ2n) is 8.43. The first-order valence-corrected chi connectivity index (χ1v) is 11.3. The minimum Gasteiger partial charge on any atom is -0.497 e. The second kappa shape index (κ2) is 8.19. The van der Waals surface area contributed by atoms with Crippen LogP contribution < -0.4 is 9.75 Å². The van der Waals surface area contributed by atoms with Gasteiger partial charge in [0.1, 0.15) is 5.75 Å². The summed E-state index contributed by atoms with van der Waals surface area (Å²) in [6.07, 6.45) is 2.90. The van der Waals surface area contributed by atoms with Gasteiger partial charge in [-0.1, -0.05) is 42.5 Å². The normalized spacial score (nSPS) is 13.1. The number of ketones is 1. The van der Waals surface area contributed by atoms with Crippen LogP contribution in [0.25, 0.3) is 21.8 Å². The van der Waals surface area contributed by atoms with Gasteiger partial charge in [0.2, 0.25) is 0 Å². The van der Waals surface area contributed by atoms with Crippen LogP contribution in [0.5, 0.6) is 5.75 Å². The minimum atomic E-state index is -0.0313. The fraction of sp³-hybridized carbons (Fsp3) is 0.103. The van der Waals surface area contributed by atoms with Gasteiger partial charge in [0.15, 0.2) is 5.78 Å². The number of aromatic nitrogens is 1. The molecule has 1 aromatic heterocycles. The number of carbonyl (C=O) groups is 1. The van der Waals surface area contributed by atoms with E-state index >= 15 is 0 Å². The lowest BCUT2D eigenvalue weighted by atomic mass is 9.97. The number of ether oxygens (including phenoxy) is 1. The van der Waals surface area contributed by atoms with E-state index < -0.39 is 0 Å². The molecule has 5 aromatic rings. The highest BCUT2D eigenvalue weighted by molar-refractivity contribution is 6.23. The van der Waals surface area contributed by atoms with Crippen molar-refractivity contribution in [1.82, 2.24) is 4.98 Å². The van der Waals surface area contributed by atoms with E-state index in [0.29, 0.717) is 11.1 Å². The molecular formula is C29H23N3O2. The van der Waals surface area contributed by atoms with E-state index in [-0.39, 0.29) is 5.78 Å². The number of hydrogen-bond donors (Lipinski definition) is 1. The Bertz CT molecular complexity index is 1560. The van der Waals surface area contributed by atoms with Crippen LogP contribution in [0.3, 0.4) is 0 Å². The molecule has 0 unspecified atom stereocenters. The highest BCUT2D eigenvalue weighted by atomic mass is 16.5. The second-order valence-corrected chi connectivity index (χ2v) is 8.43. The topological polar surface area (TPSA) is 57.7 Å². The molecule has 1 aliphatic heterocycles. The third-order valence-corrected chi connectivity index (χ3v) is 6.49. The average Bonchev–Trinajstić information content (AvgIpc) is 3.49. The number of carbonyl (C=O) groups excluding carboxylic acids is 1.